The molecule has 7 heteroatoms. The van der Waals surface area contributed by atoms with Gasteiger partial charge in [0.2, 0.25) is 0 Å². The zero-order valence-electron chi connectivity index (χ0n) is 13.9. The van der Waals surface area contributed by atoms with E-state index in [0.29, 0.717) is 11.1 Å². The van der Waals surface area contributed by atoms with Gasteiger partial charge in [-0.15, -0.1) is 11.8 Å². The Morgan fingerprint density at radius 2 is 1.69 bits per heavy atom. The minimum absolute atomic E-state index is 0.158. The van der Waals surface area contributed by atoms with E-state index < -0.39 is 23.0 Å². The fourth-order valence-corrected chi connectivity index (χ4v) is 2.89. The van der Waals surface area contributed by atoms with Crippen LogP contribution >= 0.6 is 11.8 Å². The molecule has 0 aliphatic carbocycles. The Bertz CT molecular complexity index is 1010. The lowest BCUT2D eigenvalue weighted by Gasteiger charge is -2.14. The third-order valence-corrected chi connectivity index (χ3v) is 4.48. The van der Waals surface area contributed by atoms with Crippen molar-refractivity contribution < 1.29 is 17.9 Å². The molecule has 3 rings (SSSR count). The number of pyridine rings is 1. The van der Waals surface area contributed by atoms with Crippen molar-refractivity contribution in [1.29, 1.82) is 0 Å². The van der Waals surface area contributed by atoms with Crippen molar-refractivity contribution in [2.24, 2.45) is 7.05 Å². The number of aromatic nitrogens is 1. The minimum atomic E-state index is -0.904. The van der Waals surface area contributed by atoms with Gasteiger partial charge in [-0.1, -0.05) is 0 Å². The van der Waals surface area contributed by atoms with Crippen molar-refractivity contribution in [2.75, 3.05) is 6.26 Å². The van der Waals surface area contributed by atoms with Crippen molar-refractivity contribution in [3.8, 4) is 22.6 Å². The van der Waals surface area contributed by atoms with E-state index in [9.17, 15) is 18.0 Å². The van der Waals surface area contributed by atoms with E-state index in [4.69, 9.17) is 4.74 Å². The smallest absolute Gasteiger partial charge is 0.286 e. The summed E-state index contributed by atoms with van der Waals surface area (Å²) in [5.74, 6) is -2.37. The number of rotatable bonds is 4. The fourth-order valence-electron chi connectivity index (χ4n) is 2.45. The van der Waals surface area contributed by atoms with Crippen LogP contribution in [0.4, 0.5) is 13.2 Å². The second-order valence-corrected chi connectivity index (χ2v) is 6.41. The number of ether oxygens (including phenoxy) is 1. The Morgan fingerprint density at radius 1 is 0.962 bits per heavy atom. The second kappa shape index (κ2) is 7.29. The highest BCUT2D eigenvalue weighted by molar-refractivity contribution is 7.98. The summed E-state index contributed by atoms with van der Waals surface area (Å²) in [5, 5.41) is 0. The molecule has 3 nitrogen and oxygen atoms in total. The zero-order valence-corrected chi connectivity index (χ0v) is 14.7. The molecule has 134 valence electrons. The number of benzene rings is 2. The molecule has 2 aromatic carbocycles. The Hall–Kier alpha value is -2.67. The topological polar surface area (TPSA) is 31.2 Å². The van der Waals surface area contributed by atoms with E-state index in [-0.39, 0.29) is 11.5 Å². The summed E-state index contributed by atoms with van der Waals surface area (Å²) in [5.41, 5.74) is 0.134. The molecular weight excluding hydrogens is 363 g/mol. The van der Waals surface area contributed by atoms with Gasteiger partial charge in [-0.05, 0) is 42.7 Å². The zero-order chi connectivity index (χ0) is 18.8. The maximum Gasteiger partial charge on any atom is 0.286 e. The van der Waals surface area contributed by atoms with E-state index in [2.05, 4.69) is 0 Å². The molecule has 0 N–H and O–H groups in total. The van der Waals surface area contributed by atoms with Crippen LogP contribution in [0.1, 0.15) is 0 Å². The predicted octanol–water partition coefficient (Wildman–Crippen LogP) is 4.98. The second-order valence-electron chi connectivity index (χ2n) is 5.53. The number of nitrogens with zero attached hydrogens (tertiary/aromatic N) is 1. The van der Waals surface area contributed by atoms with E-state index in [1.165, 1.54) is 31.1 Å². The third kappa shape index (κ3) is 3.62. The van der Waals surface area contributed by atoms with Gasteiger partial charge in [0.25, 0.3) is 5.56 Å². The molecule has 0 spiro atoms. The normalized spacial score (nSPS) is 10.8. The first-order chi connectivity index (χ1) is 12.4. The number of thioether (sulfide) groups is 1. The molecule has 0 saturated heterocycles. The van der Waals surface area contributed by atoms with Crippen molar-refractivity contribution in [3.05, 3.63) is 76.5 Å². The molecular formula is C19H14F3NO2S. The lowest BCUT2D eigenvalue weighted by atomic mass is 10.1. The molecule has 0 radical (unpaired) electrons. The van der Waals surface area contributed by atoms with E-state index in [0.717, 1.165) is 27.7 Å². The minimum Gasteiger partial charge on any atom is -0.454 e. The summed E-state index contributed by atoms with van der Waals surface area (Å²) in [6.45, 7) is 0. The van der Waals surface area contributed by atoms with Gasteiger partial charge in [0.1, 0.15) is 11.6 Å². The molecule has 0 aliphatic heterocycles. The maximum absolute atomic E-state index is 13.9. The summed E-state index contributed by atoms with van der Waals surface area (Å²) >= 11 is 1.47. The molecule has 0 atom stereocenters. The van der Waals surface area contributed by atoms with Crippen molar-refractivity contribution in [3.63, 3.8) is 0 Å². The molecule has 3 aromatic rings. The van der Waals surface area contributed by atoms with Gasteiger partial charge in [-0.2, -0.15) is 0 Å². The Kier molecular flexibility index (Phi) is 5.08. The van der Waals surface area contributed by atoms with Crippen LogP contribution in [0.15, 0.2) is 58.4 Å². The number of halogens is 3. The Morgan fingerprint density at radius 3 is 2.35 bits per heavy atom. The molecule has 0 aliphatic rings. The maximum atomic E-state index is 13.9. The summed E-state index contributed by atoms with van der Waals surface area (Å²) in [6, 6.07) is 9.22. The first-order valence-corrected chi connectivity index (χ1v) is 8.79. The highest BCUT2D eigenvalue weighted by Crippen LogP contribution is 2.36. The summed E-state index contributed by atoms with van der Waals surface area (Å²) in [4.78, 5) is 12.5. The van der Waals surface area contributed by atoms with Crippen LogP contribution < -0.4 is 10.3 Å². The van der Waals surface area contributed by atoms with E-state index >= 15 is 0 Å². The van der Waals surface area contributed by atoms with Gasteiger partial charge in [0, 0.05) is 35.3 Å². The lowest BCUT2D eigenvalue weighted by Crippen LogP contribution is -2.19. The van der Waals surface area contributed by atoms with E-state index in [1.54, 1.807) is 18.2 Å². The average molecular weight is 377 g/mol. The molecule has 0 amide bonds. The molecule has 0 fully saturated rings. The summed E-state index contributed by atoms with van der Waals surface area (Å²) in [7, 11) is 1.44. The van der Waals surface area contributed by atoms with Crippen molar-refractivity contribution in [1.82, 2.24) is 4.57 Å². The van der Waals surface area contributed by atoms with Gasteiger partial charge >= 0.3 is 0 Å². The monoisotopic (exact) mass is 377 g/mol. The summed E-state index contributed by atoms with van der Waals surface area (Å²) < 4.78 is 47.6. The van der Waals surface area contributed by atoms with Crippen LogP contribution in [0.25, 0.3) is 11.1 Å². The number of hydrogen-bond donors (Lipinski definition) is 0. The Labute approximate surface area is 152 Å². The molecule has 0 bridgehead atoms. The highest BCUT2D eigenvalue weighted by Gasteiger charge is 2.14. The van der Waals surface area contributed by atoms with Crippen LogP contribution in [0.3, 0.4) is 0 Å². The standard InChI is InChI=1S/C19H14F3NO2S/c1-23-10-11(7-16(22)19(23)24)14-9-13(26-2)4-6-17(14)25-18-5-3-12(20)8-15(18)21/h3-10H,1-2H3. The lowest BCUT2D eigenvalue weighted by molar-refractivity contribution is 0.438. The molecule has 1 heterocycles. The largest absolute Gasteiger partial charge is 0.454 e. The predicted molar refractivity (Wildman–Crippen MR) is 95.3 cm³/mol. The van der Waals surface area contributed by atoms with Crippen molar-refractivity contribution >= 4 is 11.8 Å². The Balaban J connectivity index is 2.13. The van der Waals surface area contributed by atoms with Crippen LogP contribution in [0, 0.1) is 17.5 Å². The van der Waals surface area contributed by atoms with Gasteiger partial charge in [-0.3, -0.25) is 4.79 Å². The SMILES string of the molecule is CSc1ccc(Oc2ccc(F)cc2F)c(-c2cc(F)c(=O)n(C)c2)c1. The fraction of sp³-hybridized carbons (Fsp3) is 0.105. The number of hydrogen-bond acceptors (Lipinski definition) is 3. The third-order valence-electron chi connectivity index (χ3n) is 3.75. The first kappa shape index (κ1) is 18.1. The number of aryl methyl sites for hydroxylation is 1. The van der Waals surface area contributed by atoms with Gasteiger partial charge < -0.3 is 9.30 Å². The average Bonchev–Trinajstić information content (AvgIpc) is 2.61. The quantitative estimate of drug-likeness (QED) is 0.601. The molecule has 0 saturated carbocycles. The van der Waals surface area contributed by atoms with Crippen LogP contribution in [-0.4, -0.2) is 10.8 Å². The van der Waals surface area contributed by atoms with Gasteiger partial charge in [0.15, 0.2) is 17.4 Å². The molecule has 0 unspecified atom stereocenters. The summed E-state index contributed by atoms with van der Waals surface area (Å²) in [6.07, 6.45) is 3.35. The van der Waals surface area contributed by atoms with Gasteiger partial charge in [0.05, 0.1) is 0 Å². The van der Waals surface area contributed by atoms with E-state index in [1.807, 2.05) is 6.26 Å². The first-order valence-electron chi connectivity index (χ1n) is 7.56. The van der Waals surface area contributed by atoms with Gasteiger partial charge in [-0.25, -0.2) is 13.2 Å². The van der Waals surface area contributed by atoms with Crippen LogP contribution in [-0.2, 0) is 7.05 Å². The van der Waals surface area contributed by atoms with Crippen LogP contribution in [0.2, 0.25) is 0 Å². The highest BCUT2D eigenvalue weighted by atomic mass is 32.2. The van der Waals surface area contributed by atoms with Crippen LogP contribution in [0.5, 0.6) is 11.5 Å². The van der Waals surface area contributed by atoms with Crippen molar-refractivity contribution in [2.45, 2.75) is 4.90 Å². The molecule has 26 heavy (non-hydrogen) atoms. The molecule has 1 aromatic heterocycles.